The number of halogens is 3. The zero-order valence-electron chi connectivity index (χ0n) is 14.0. The molecule has 0 saturated carbocycles. The lowest BCUT2D eigenvalue weighted by molar-refractivity contribution is -0.137. The van der Waals surface area contributed by atoms with Crippen molar-refractivity contribution in [3.05, 3.63) is 59.2 Å². The summed E-state index contributed by atoms with van der Waals surface area (Å²) in [6.45, 7) is 3.51. The van der Waals surface area contributed by atoms with E-state index in [0.29, 0.717) is 5.56 Å². The average molecular weight is 367 g/mol. The van der Waals surface area contributed by atoms with Crippen LogP contribution in [0.5, 0.6) is 0 Å². The van der Waals surface area contributed by atoms with E-state index in [-0.39, 0.29) is 17.9 Å². The largest absolute Gasteiger partial charge is 0.476 e. The molecule has 0 saturated heterocycles. The van der Waals surface area contributed by atoms with Gasteiger partial charge in [-0.15, -0.1) is 0 Å². The molecule has 0 aliphatic rings. The minimum absolute atomic E-state index is 0.0873. The summed E-state index contributed by atoms with van der Waals surface area (Å²) in [5, 5.41) is 8.81. The number of carbonyl (C=O) groups excluding carboxylic acids is 1. The molecule has 9 heteroatoms. The summed E-state index contributed by atoms with van der Waals surface area (Å²) in [4.78, 5) is 32.2. The van der Waals surface area contributed by atoms with Gasteiger partial charge < -0.3 is 10.0 Å². The van der Waals surface area contributed by atoms with Crippen LogP contribution in [-0.2, 0) is 6.18 Å². The molecule has 0 fully saturated rings. The summed E-state index contributed by atoms with van der Waals surface area (Å²) in [7, 11) is 0. The Morgan fingerprint density at radius 2 is 1.81 bits per heavy atom. The first-order valence-electron chi connectivity index (χ1n) is 7.68. The zero-order chi connectivity index (χ0) is 19.5. The van der Waals surface area contributed by atoms with Gasteiger partial charge >= 0.3 is 12.1 Å². The first-order chi connectivity index (χ1) is 12.1. The van der Waals surface area contributed by atoms with Crippen molar-refractivity contribution < 1.29 is 27.9 Å². The number of aromatic carboxylic acids is 1. The van der Waals surface area contributed by atoms with E-state index in [1.165, 1.54) is 17.0 Å². The quantitative estimate of drug-likeness (QED) is 0.876. The minimum atomic E-state index is -4.48. The van der Waals surface area contributed by atoms with Gasteiger partial charge in [-0.25, -0.2) is 14.8 Å². The molecule has 1 aromatic heterocycles. The number of carbonyl (C=O) groups is 2. The van der Waals surface area contributed by atoms with E-state index in [1.807, 2.05) is 0 Å². The van der Waals surface area contributed by atoms with E-state index in [0.717, 1.165) is 24.5 Å². The van der Waals surface area contributed by atoms with E-state index in [1.54, 1.807) is 13.8 Å². The van der Waals surface area contributed by atoms with Crippen molar-refractivity contribution in [2.45, 2.75) is 26.1 Å². The van der Waals surface area contributed by atoms with Crippen molar-refractivity contribution in [2.24, 2.45) is 0 Å². The highest BCUT2D eigenvalue weighted by molar-refractivity contribution is 5.93. The van der Waals surface area contributed by atoms with Gasteiger partial charge in [0.2, 0.25) is 0 Å². The molecule has 2 rings (SSSR count). The number of benzene rings is 1. The molecule has 1 N–H and O–H groups in total. The third kappa shape index (κ3) is 4.16. The average Bonchev–Trinajstić information content (AvgIpc) is 2.61. The molecule has 1 aromatic carbocycles. The van der Waals surface area contributed by atoms with Crippen LogP contribution in [0.25, 0.3) is 0 Å². The number of alkyl halides is 3. The molecule has 26 heavy (non-hydrogen) atoms. The summed E-state index contributed by atoms with van der Waals surface area (Å²) >= 11 is 0. The van der Waals surface area contributed by atoms with Crippen molar-refractivity contribution in [3.8, 4) is 0 Å². The van der Waals surface area contributed by atoms with Gasteiger partial charge in [0.25, 0.3) is 5.91 Å². The van der Waals surface area contributed by atoms with Crippen molar-refractivity contribution >= 4 is 11.9 Å². The molecule has 1 amide bonds. The van der Waals surface area contributed by atoms with E-state index in [2.05, 4.69) is 9.97 Å². The van der Waals surface area contributed by atoms with Gasteiger partial charge in [-0.2, -0.15) is 13.2 Å². The van der Waals surface area contributed by atoms with Gasteiger partial charge in [-0.1, -0.05) is 12.1 Å². The summed E-state index contributed by atoms with van der Waals surface area (Å²) in [6, 6.07) is 4.11. The lowest BCUT2D eigenvalue weighted by Gasteiger charge is -2.28. The number of amides is 1. The van der Waals surface area contributed by atoms with Crippen LogP contribution in [0.1, 0.15) is 52.0 Å². The first-order valence-corrected chi connectivity index (χ1v) is 7.68. The maximum atomic E-state index is 12.9. The molecular formula is C17H16F3N3O3. The predicted octanol–water partition coefficient (Wildman–Crippen LogP) is 3.42. The van der Waals surface area contributed by atoms with Crippen LogP contribution in [-0.4, -0.2) is 38.4 Å². The fourth-order valence-corrected chi connectivity index (χ4v) is 2.44. The number of hydrogen-bond acceptors (Lipinski definition) is 4. The molecular weight excluding hydrogens is 351 g/mol. The van der Waals surface area contributed by atoms with Crippen LogP contribution < -0.4 is 0 Å². The second-order valence-corrected chi connectivity index (χ2v) is 5.48. The Balaban J connectivity index is 2.29. The first kappa shape index (κ1) is 19.4. The number of nitrogens with zero attached hydrogens (tertiary/aromatic N) is 3. The summed E-state index contributed by atoms with van der Waals surface area (Å²) in [6.07, 6.45) is -2.49. The van der Waals surface area contributed by atoms with Gasteiger partial charge in [0.05, 0.1) is 24.0 Å². The topological polar surface area (TPSA) is 83.4 Å². The Hall–Kier alpha value is -2.97. The summed E-state index contributed by atoms with van der Waals surface area (Å²) < 4.78 is 38.7. The zero-order valence-corrected chi connectivity index (χ0v) is 14.0. The number of rotatable bonds is 5. The van der Waals surface area contributed by atoms with Crippen molar-refractivity contribution in [2.75, 3.05) is 6.54 Å². The van der Waals surface area contributed by atoms with Crippen LogP contribution >= 0.6 is 0 Å². The number of carboxylic acid groups (broad SMARTS) is 1. The highest BCUT2D eigenvalue weighted by atomic mass is 19.4. The van der Waals surface area contributed by atoms with Crippen molar-refractivity contribution in [1.29, 1.82) is 0 Å². The van der Waals surface area contributed by atoms with Crippen molar-refractivity contribution in [3.63, 3.8) is 0 Å². The lowest BCUT2D eigenvalue weighted by atomic mass is 10.0. The molecule has 1 atom stereocenters. The van der Waals surface area contributed by atoms with Crippen LogP contribution in [0, 0.1) is 0 Å². The summed E-state index contributed by atoms with van der Waals surface area (Å²) in [5.74, 6) is -1.83. The van der Waals surface area contributed by atoms with Crippen LogP contribution in [0.2, 0.25) is 0 Å². The van der Waals surface area contributed by atoms with Gasteiger partial charge in [-0.3, -0.25) is 4.79 Å². The maximum absolute atomic E-state index is 12.9. The molecule has 0 spiro atoms. The Labute approximate surface area is 147 Å². The van der Waals surface area contributed by atoms with Crippen molar-refractivity contribution in [1.82, 2.24) is 14.9 Å². The molecule has 6 nitrogen and oxygen atoms in total. The monoisotopic (exact) mass is 367 g/mol. The van der Waals surface area contributed by atoms with Crippen LogP contribution in [0.15, 0.2) is 36.7 Å². The molecule has 0 bridgehead atoms. The number of carboxylic acids is 1. The molecule has 0 aliphatic heterocycles. The smallest absolute Gasteiger partial charge is 0.416 e. The van der Waals surface area contributed by atoms with E-state index < -0.39 is 29.7 Å². The predicted molar refractivity (Wildman–Crippen MR) is 85.6 cm³/mol. The molecule has 138 valence electrons. The Bertz CT molecular complexity index is 807. The fourth-order valence-electron chi connectivity index (χ4n) is 2.44. The second kappa shape index (κ2) is 7.51. The van der Waals surface area contributed by atoms with Gasteiger partial charge in [0.15, 0.2) is 5.69 Å². The molecule has 1 heterocycles. The second-order valence-electron chi connectivity index (χ2n) is 5.48. The van der Waals surface area contributed by atoms with Gasteiger partial charge in [0.1, 0.15) is 5.69 Å². The third-order valence-corrected chi connectivity index (χ3v) is 3.86. The Kier molecular flexibility index (Phi) is 5.59. The van der Waals surface area contributed by atoms with E-state index in [9.17, 15) is 22.8 Å². The third-order valence-electron chi connectivity index (χ3n) is 3.86. The number of aromatic nitrogens is 2. The minimum Gasteiger partial charge on any atom is -0.476 e. The SMILES string of the molecule is CCN(C(=O)c1cnc(C(=O)O)cn1)C(C)c1cccc(C(F)(F)F)c1. The number of hydrogen-bond donors (Lipinski definition) is 1. The standard InChI is InChI=1S/C17H16F3N3O3/c1-3-23(15(24)13-8-22-14(9-21-13)16(25)26)10(2)11-5-4-6-12(7-11)17(18,19)20/h4-10H,3H2,1-2H3,(H,25,26). The molecule has 0 aliphatic carbocycles. The highest BCUT2D eigenvalue weighted by Crippen LogP contribution is 2.32. The normalized spacial score (nSPS) is 12.5. The van der Waals surface area contributed by atoms with Crippen LogP contribution in [0.4, 0.5) is 13.2 Å². The molecule has 0 radical (unpaired) electrons. The van der Waals surface area contributed by atoms with Gasteiger partial charge in [-0.05, 0) is 31.5 Å². The Morgan fingerprint density at radius 3 is 2.31 bits per heavy atom. The van der Waals surface area contributed by atoms with Gasteiger partial charge in [0, 0.05) is 6.54 Å². The lowest BCUT2D eigenvalue weighted by Crippen LogP contribution is -2.34. The van der Waals surface area contributed by atoms with Crippen LogP contribution in [0.3, 0.4) is 0 Å². The highest BCUT2D eigenvalue weighted by Gasteiger charge is 2.31. The van der Waals surface area contributed by atoms with E-state index in [4.69, 9.17) is 5.11 Å². The van der Waals surface area contributed by atoms with E-state index >= 15 is 0 Å². The fraction of sp³-hybridized carbons (Fsp3) is 0.294. The maximum Gasteiger partial charge on any atom is 0.416 e. The molecule has 1 unspecified atom stereocenters. The Morgan fingerprint density at radius 1 is 1.19 bits per heavy atom. The summed E-state index contributed by atoms with van der Waals surface area (Å²) in [5.41, 5.74) is -0.868. The molecule has 2 aromatic rings.